The molecule has 0 aliphatic carbocycles. The molecule has 0 saturated heterocycles. The summed E-state index contributed by atoms with van der Waals surface area (Å²) < 4.78 is 22.3. The van der Waals surface area contributed by atoms with Gasteiger partial charge in [-0.05, 0) is 18.2 Å². The lowest BCUT2D eigenvalue weighted by Gasteiger charge is -2.06. The van der Waals surface area contributed by atoms with E-state index in [1.807, 2.05) is 0 Å². The Balaban J connectivity index is 2.69. The first-order valence-corrected chi connectivity index (χ1v) is 4.77. The highest BCUT2D eigenvalue weighted by Gasteiger charge is 2.11. The zero-order valence-electron chi connectivity index (χ0n) is 9.45. The average molecular weight is 241 g/mol. The summed E-state index contributed by atoms with van der Waals surface area (Å²) in [4.78, 5) is 22.3. The van der Waals surface area contributed by atoms with Gasteiger partial charge in [-0.15, -0.1) is 0 Å². The van der Waals surface area contributed by atoms with Crippen LogP contribution in [0.15, 0.2) is 18.2 Å². The highest BCUT2D eigenvalue weighted by molar-refractivity contribution is 5.96. The molecule has 6 heteroatoms. The van der Waals surface area contributed by atoms with Gasteiger partial charge in [0, 0.05) is 5.56 Å². The maximum absolute atomic E-state index is 13.3. The standard InChI is InChI=1S/C11H12FNO4/c1-16-9-4-3-7(5-8(9)12)11(15)13-6-10(14)17-2/h3-5H,6H2,1-2H3,(H,13,15). The molecule has 1 aromatic carbocycles. The molecule has 1 N–H and O–H groups in total. The maximum atomic E-state index is 13.3. The van der Waals surface area contributed by atoms with Crippen molar-refractivity contribution in [3.8, 4) is 5.75 Å². The van der Waals surface area contributed by atoms with Crippen molar-refractivity contribution >= 4 is 11.9 Å². The van der Waals surface area contributed by atoms with Gasteiger partial charge in [0.1, 0.15) is 6.54 Å². The number of hydrogen-bond donors (Lipinski definition) is 1. The predicted molar refractivity (Wildman–Crippen MR) is 57.3 cm³/mol. The predicted octanol–water partition coefficient (Wildman–Crippen LogP) is 0.737. The van der Waals surface area contributed by atoms with E-state index < -0.39 is 17.7 Å². The van der Waals surface area contributed by atoms with Crippen LogP contribution in [0.3, 0.4) is 0 Å². The van der Waals surface area contributed by atoms with Gasteiger partial charge in [-0.3, -0.25) is 9.59 Å². The molecule has 0 heterocycles. The van der Waals surface area contributed by atoms with Crippen LogP contribution in [0.5, 0.6) is 5.75 Å². The molecule has 0 spiro atoms. The summed E-state index contributed by atoms with van der Waals surface area (Å²) in [5.41, 5.74) is 0.104. The van der Waals surface area contributed by atoms with Crippen molar-refractivity contribution in [2.75, 3.05) is 20.8 Å². The number of amides is 1. The molecule has 1 rings (SSSR count). The molecule has 17 heavy (non-hydrogen) atoms. The van der Waals surface area contributed by atoms with Gasteiger partial charge in [0.2, 0.25) is 0 Å². The molecule has 1 aromatic rings. The van der Waals surface area contributed by atoms with E-state index in [1.165, 1.54) is 26.4 Å². The largest absolute Gasteiger partial charge is 0.494 e. The van der Waals surface area contributed by atoms with Crippen molar-refractivity contribution in [2.24, 2.45) is 0 Å². The summed E-state index contributed by atoms with van der Waals surface area (Å²) in [5.74, 6) is -1.72. The van der Waals surface area contributed by atoms with Crippen LogP contribution in [-0.4, -0.2) is 32.6 Å². The minimum absolute atomic E-state index is 0.0505. The lowest BCUT2D eigenvalue weighted by atomic mass is 10.2. The van der Waals surface area contributed by atoms with Crippen LogP contribution in [0.25, 0.3) is 0 Å². The van der Waals surface area contributed by atoms with Crippen LogP contribution in [0.4, 0.5) is 4.39 Å². The first-order chi connectivity index (χ1) is 8.08. The molecular weight excluding hydrogens is 229 g/mol. The molecule has 0 aliphatic rings. The Bertz CT molecular complexity index is 433. The van der Waals surface area contributed by atoms with Crippen molar-refractivity contribution in [3.63, 3.8) is 0 Å². The number of methoxy groups -OCH3 is 2. The van der Waals surface area contributed by atoms with Crippen molar-refractivity contribution in [3.05, 3.63) is 29.6 Å². The SMILES string of the molecule is COC(=O)CNC(=O)c1ccc(OC)c(F)c1. The Morgan fingerprint density at radius 1 is 1.35 bits per heavy atom. The third kappa shape index (κ3) is 3.44. The number of benzene rings is 1. The zero-order chi connectivity index (χ0) is 12.8. The average Bonchev–Trinajstić information content (AvgIpc) is 2.35. The lowest BCUT2D eigenvalue weighted by Crippen LogP contribution is -2.30. The lowest BCUT2D eigenvalue weighted by molar-refractivity contribution is -0.139. The van der Waals surface area contributed by atoms with Crippen LogP contribution in [0.1, 0.15) is 10.4 Å². The number of esters is 1. The molecule has 92 valence electrons. The Kier molecular flexibility index (Phi) is 4.45. The second-order valence-electron chi connectivity index (χ2n) is 3.11. The summed E-state index contributed by atoms with van der Waals surface area (Å²) in [6, 6.07) is 3.77. The fraction of sp³-hybridized carbons (Fsp3) is 0.273. The number of hydrogen-bond acceptors (Lipinski definition) is 4. The number of nitrogens with one attached hydrogen (secondary N) is 1. The highest BCUT2D eigenvalue weighted by atomic mass is 19.1. The third-order valence-electron chi connectivity index (χ3n) is 2.03. The van der Waals surface area contributed by atoms with E-state index in [-0.39, 0.29) is 17.9 Å². The van der Waals surface area contributed by atoms with Crippen LogP contribution < -0.4 is 10.1 Å². The molecule has 1 amide bonds. The molecule has 0 aromatic heterocycles. The van der Waals surface area contributed by atoms with E-state index in [2.05, 4.69) is 10.1 Å². The van der Waals surface area contributed by atoms with Crippen molar-refractivity contribution in [2.45, 2.75) is 0 Å². The molecule has 0 radical (unpaired) electrons. The summed E-state index contributed by atoms with van der Waals surface area (Å²) in [6.07, 6.45) is 0. The summed E-state index contributed by atoms with van der Waals surface area (Å²) in [7, 11) is 2.54. The minimum Gasteiger partial charge on any atom is -0.494 e. The Morgan fingerprint density at radius 2 is 2.06 bits per heavy atom. The van der Waals surface area contributed by atoms with Gasteiger partial charge < -0.3 is 14.8 Å². The highest BCUT2D eigenvalue weighted by Crippen LogP contribution is 2.17. The van der Waals surface area contributed by atoms with Gasteiger partial charge in [0.25, 0.3) is 5.91 Å². The van der Waals surface area contributed by atoms with E-state index in [1.54, 1.807) is 0 Å². The molecule has 0 unspecified atom stereocenters. The maximum Gasteiger partial charge on any atom is 0.325 e. The van der Waals surface area contributed by atoms with Crippen molar-refractivity contribution < 1.29 is 23.5 Å². The molecule has 0 fully saturated rings. The van der Waals surface area contributed by atoms with E-state index in [0.717, 1.165) is 6.07 Å². The Morgan fingerprint density at radius 3 is 2.59 bits per heavy atom. The van der Waals surface area contributed by atoms with Crippen LogP contribution in [-0.2, 0) is 9.53 Å². The number of ether oxygens (including phenoxy) is 2. The molecular formula is C11H12FNO4. The van der Waals surface area contributed by atoms with Gasteiger partial charge in [-0.2, -0.15) is 0 Å². The molecule has 0 atom stereocenters. The zero-order valence-corrected chi connectivity index (χ0v) is 9.45. The summed E-state index contributed by atoms with van der Waals surface area (Å²) in [5, 5.41) is 2.29. The molecule has 5 nitrogen and oxygen atoms in total. The van der Waals surface area contributed by atoms with Crippen molar-refractivity contribution in [1.82, 2.24) is 5.32 Å². The van der Waals surface area contributed by atoms with Gasteiger partial charge in [-0.25, -0.2) is 4.39 Å². The Labute approximate surface area is 97.5 Å². The van der Waals surface area contributed by atoms with Crippen LogP contribution in [0, 0.1) is 5.82 Å². The Hall–Kier alpha value is -2.11. The van der Waals surface area contributed by atoms with Gasteiger partial charge in [-0.1, -0.05) is 0 Å². The number of rotatable bonds is 4. The van der Waals surface area contributed by atoms with E-state index in [0.29, 0.717) is 0 Å². The number of carbonyl (C=O) groups is 2. The van der Waals surface area contributed by atoms with Gasteiger partial charge in [0.15, 0.2) is 11.6 Å². The second kappa shape index (κ2) is 5.83. The smallest absolute Gasteiger partial charge is 0.325 e. The van der Waals surface area contributed by atoms with Crippen LogP contribution in [0.2, 0.25) is 0 Å². The fourth-order valence-corrected chi connectivity index (χ4v) is 1.13. The number of halogens is 1. The number of carbonyl (C=O) groups excluding carboxylic acids is 2. The van der Waals surface area contributed by atoms with Crippen molar-refractivity contribution in [1.29, 1.82) is 0 Å². The van der Waals surface area contributed by atoms with E-state index in [4.69, 9.17) is 4.74 Å². The van der Waals surface area contributed by atoms with Gasteiger partial charge in [0.05, 0.1) is 14.2 Å². The molecule has 0 saturated carbocycles. The second-order valence-corrected chi connectivity index (χ2v) is 3.11. The monoisotopic (exact) mass is 241 g/mol. The minimum atomic E-state index is -0.641. The third-order valence-corrected chi connectivity index (χ3v) is 2.03. The van der Waals surface area contributed by atoms with E-state index >= 15 is 0 Å². The summed E-state index contributed by atoms with van der Waals surface area (Å²) >= 11 is 0. The van der Waals surface area contributed by atoms with Gasteiger partial charge >= 0.3 is 5.97 Å². The quantitative estimate of drug-likeness (QED) is 0.789. The molecule has 0 bridgehead atoms. The van der Waals surface area contributed by atoms with Crippen LogP contribution >= 0.6 is 0 Å². The summed E-state index contributed by atoms with van der Waals surface area (Å²) in [6.45, 7) is -0.261. The molecule has 0 aliphatic heterocycles. The first kappa shape index (κ1) is 13.0. The van der Waals surface area contributed by atoms with E-state index in [9.17, 15) is 14.0 Å². The topological polar surface area (TPSA) is 64.6 Å². The fourth-order valence-electron chi connectivity index (χ4n) is 1.13. The normalized spacial score (nSPS) is 9.59. The first-order valence-electron chi connectivity index (χ1n) is 4.77.